The van der Waals surface area contributed by atoms with E-state index in [1.807, 2.05) is 56.3 Å². The minimum absolute atomic E-state index is 0.118. The average molecular weight is 378 g/mol. The van der Waals surface area contributed by atoms with Crippen LogP contribution in [0.3, 0.4) is 0 Å². The fraction of sp³-hybridized carbons (Fsp3) is 0.429. The third-order valence-electron chi connectivity index (χ3n) is 5.68. The summed E-state index contributed by atoms with van der Waals surface area (Å²) in [5.74, 6) is 3.35. The average Bonchev–Trinajstić information content (AvgIpc) is 3.28. The molecule has 4 rings (SSSR count). The second-order valence-electron chi connectivity index (χ2n) is 7.57. The first-order valence-electron chi connectivity index (χ1n) is 9.75. The van der Waals surface area contributed by atoms with Crippen LogP contribution in [0.25, 0.3) is 0 Å². The number of aryl methyl sites for hydroxylation is 2. The van der Waals surface area contributed by atoms with Crippen molar-refractivity contribution in [1.82, 2.24) is 29.2 Å². The Kier molecular flexibility index (Phi) is 4.98. The van der Waals surface area contributed by atoms with Crippen LogP contribution in [-0.4, -0.2) is 48.2 Å². The molecule has 3 aromatic rings. The molecule has 7 heteroatoms. The lowest BCUT2D eigenvalue weighted by atomic mass is 9.95. The van der Waals surface area contributed by atoms with Crippen molar-refractivity contribution < 1.29 is 4.79 Å². The summed E-state index contributed by atoms with van der Waals surface area (Å²) in [5, 5.41) is 8.86. The van der Waals surface area contributed by atoms with Gasteiger partial charge in [0, 0.05) is 44.0 Å². The van der Waals surface area contributed by atoms with Gasteiger partial charge in [-0.25, -0.2) is 4.98 Å². The SMILES string of the molecule is Cc1ccc(C(=O)N2CCC(c3nnc(Cn4ccnc4C)n3C)CC2)cc1. The molecule has 0 spiro atoms. The number of hydrogen-bond donors (Lipinski definition) is 0. The second-order valence-corrected chi connectivity index (χ2v) is 7.57. The van der Waals surface area contributed by atoms with Crippen molar-refractivity contribution in [3.8, 4) is 0 Å². The van der Waals surface area contributed by atoms with Gasteiger partial charge in [-0.15, -0.1) is 10.2 Å². The van der Waals surface area contributed by atoms with E-state index in [0.29, 0.717) is 12.5 Å². The first-order chi connectivity index (χ1) is 13.5. The molecule has 0 aliphatic carbocycles. The number of likely N-dealkylation sites (tertiary alicyclic amines) is 1. The van der Waals surface area contributed by atoms with E-state index in [1.54, 1.807) is 6.20 Å². The molecule has 1 aliphatic heterocycles. The number of benzene rings is 1. The molecule has 7 nitrogen and oxygen atoms in total. The van der Waals surface area contributed by atoms with Crippen molar-refractivity contribution >= 4 is 5.91 Å². The summed E-state index contributed by atoms with van der Waals surface area (Å²) in [6.45, 7) is 6.18. The van der Waals surface area contributed by atoms with E-state index in [0.717, 1.165) is 49.0 Å². The lowest BCUT2D eigenvalue weighted by Crippen LogP contribution is -2.38. The van der Waals surface area contributed by atoms with Gasteiger partial charge in [0.1, 0.15) is 11.6 Å². The quantitative estimate of drug-likeness (QED) is 0.700. The Morgan fingerprint density at radius 2 is 1.82 bits per heavy atom. The molecule has 2 aromatic heterocycles. The van der Waals surface area contributed by atoms with Crippen molar-refractivity contribution in [2.45, 2.75) is 39.2 Å². The zero-order valence-electron chi connectivity index (χ0n) is 16.7. The Bertz CT molecular complexity index is 963. The van der Waals surface area contributed by atoms with E-state index in [-0.39, 0.29) is 5.91 Å². The molecular weight excluding hydrogens is 352 g/mol. The molecule has 1 aliphatic rings. The number of hydrogen-bond acceptors (Lipinski definition) is 4. The highest BCUT2D eigenvalue weighted by Crippen LogP contribution is 2.27. The maximum absolute atomic E-state index is 12.7. The summed E-state index contributed by atoms with van der Waals surface area (Å²) in [5.41, 5.74) is 1.93. The van der Waals surface area contributed by atoms with Crippen LogP contribution in [0, 0.1) is 13.8 Å². The number of piperidine rings is 1. The van der Waals surface area contributed by atoms with Crippen LogP contribution in [-0.2, 0) is 13.6 Å². The highest BCUT2D eigenvalue weighted by Gasteiger charge is 2.27. The fourth-order valence-corrected chi connectivity index (χ4v) is 3.81. The first kappa shape index (κ1) is 18.4. The minimum Gasteiger partial charge on any atom is -0.339 e. The predicted octanol–water partition coefficient (Wildman–Crippen LogP) is 2.70. The molecule has 1 saturated heterocycles. The third kappa shape index (κ3) is 3.56. The lowest BCUT2D eigenvalue weighted by molar-refractivity contribution is 0.0710. The number of carbonyl (C=O) groups excluding carboxylic acids is 1. The van der Waals surface area contributed by atoms with Gasteiger partial charge in [-0.3, -0.25) is 4.79 Å². The van der Waals surface area contributed by atoms with E-state index in [2.05, 4.69) is 24.3 Å². The van der Waals surface area contributed by atoms with Crippen LogP contribution in [0.2, 0.25) is 0 Å². The highest BCUT2D eigenvalue weighted by atomic mass is 16.2. The van der Waals surface area contributed by atoms with Crippen molar-refractivity contribution in [3.63, 3.8) is 0 Å². The second kappa shape index (κ2) is 7.58. The fourth-order valence-electron chi connectivity index (χ4n) is 3.81. The molecule has 0 N–H and O–H groups in total. The van der Waals surface area contributed by atoms with Gasteiger partial charge in [0.05, 0.1) is 6.54 Å². The van der Waals surface area contributed by atoms with Gasteiger partial charge in [0.15, 0.2) is 5.82 Å². The summed E-state index contributed by atoms with van der Waals surface area (Å²) in [6.07, 6.45) is 5.58. The topological polar surface area (TPSA) is 68.8 Å². The molecule has 0 radical (unpaired) electrons. The van der Waals surface area contributed by atoms with Gasteiger partial charge >= 0.3 is 0 Å². The molecule has 0 saturated carbocycles. The molecule has 3 heterocycles. The number of amides is 1. The van der Waals surface area contributed by atoms with E-state index in [1.165, 1.54) is 5.56 Å². The molecule has 0 unspecified atom stereocenters. The lowest BCUT2D eigenvalue weighted by Gasteiger charge is -2.31. The summed E-state index contributed by atoms with van der Waals surface area (Å²) < 4.78 is 4.16. The Morgan fingerprint density at radius 1 is 1.11 bits per heavy atom. The molecule has 146 valence electrons. The van der Waals surface area contributed by atoms with Gasteiger partial charge in [-0.2, -0.15) is 0 Å². The largest absolute Gasteiger partial charge is 0.339 e. The van der Waals surface area contributed by atoms with Crippen LogP contribution in [0.1, 0.15) is 52.2 Å². The van der Waals surface area contributed by atoms with Gasteiger partial charge in [0.25, 0.3) is 5.91 Å². The normalized spacial score (nSPS) is 15.2. The predicted molar refractivity (Wildman–Crippen MR) is 106 cm³/mol. The van der Waals surface area contributed by atoms with Crippen molar-refractivity contribution in [2.75, 3.05) is 13.1 Å². The standard InChI is InChI=1S/C21H26N6O/c1-15-4-6-18(7-5-15)21(28)26-11-8-17(9-12-26)20-24-23-19(25(20)3)14-27-13-10-22-16(27)2/h4-7,10,13,17H,8-9,11-12,14H2,1-3H3. The van der Waals surface area contributed by atoms with Gasteiger partial charge in [0.2, 0.25) is 0 Å². The maximum Gasteiger partial charge on any atom is 0.253 e. The first-order valence-corrected chi connectivity index (χ1v) is 9.75. The molecule has 28 heavy (non-hydrogen) atoms. The number of aromatic nitrogens is 5. The number of nitrogens with zero attached hydrogens (tertiary/aromatic N) is 6. The highest BCUT2D eigenvalue weighted by molar-refractivity contribution is 5.94. The van der Waals surface area contributed by atoms with E-state index >= 15 is 0 Å². The van der Waals surface area contributed by atoms with Crippen molar-refractivity contribution in [2.24, 2.45) is 7.05 Å². The van der Waals surface area contributed by atoms with E-state index in [4.69, 9.17) is 0 Å². The third-order valence-corrected chi connectivity index (χ3v) is 5.68. The van der Waals surface area contributed by atoms with Gasteiger partial charge in [-0.05, 0) is 38.8 Å². The Hall–Kier alpha value is -2.96. The number of carbonyl (C=O) groups is 1. The van der Waals surface area contributed by atoms with Crippen molar-refractivity contribution in [3.05, 3.63) is 65.3 Å². The van der Waals surface area contributed by atoms with Crippen molar-refractivity contribution in [1.29, 1.82) is 0 Å². The molecule has 0 bridgehead atoms. The molecule has 0 atom stereocenters. The Morgan fingerprint density at radius 3 is 2.46 bits per heavy atom. The summed E-state index contributed by atoms with van der Waals surface area (Å²) in [4.78, 5) is 18.9. The summed E-state index contributed by atoms with van der Waals surface area (Å²) >= 11 is 0. The van der Waals surface area contributed by atoms with E-state index < -0.39 is 0 Å². The Labute approximate surface area is 165 Å². The van der Waals surface area contributed by atoms with Gasteiger partial charge < -0.3 is 14.0 Å². The number of rotatable bonds is 4. The van der Waals surface area contributed by atoms with E-state index in [9.17, 15) is 4.79 Å². The summed E-state index contributed by atoms with van der Waals surface area (Å²) in [6, 6.07) is 7.81. The Balaban J connectivity index is 1.40. The molecular formula is C21H26N6O. The molecule has 1 aromatic carbocycles. The molecule has 1 amide bonds. The monoisotopic (exact) mass is 378 g/mol. The maximum atomic E-state index is 12.7. The zero-order chi connectivity index (χ0) is 19.7. The number of imidazole rings is 1. The zero-order valence-corrected chi connectivity index (χ0v) is 16.7. The minimum atomic E-state index is 0.118. The van der Waals surface area contributed by atoms with Crippen LogP contribution in [0.4, 0.5) is 0 Å². The van der Waals surface area contributed by atoms with Crippen LogP contribution >= 0.6 is 0 Å². The van der Waals surface area contributed by atoms with Crippen LogP contribution in [0.5, 0.6) is 0 Å². The summed E-state index contributed by atoms with van der Waals surface area (Å²) in [7, 11) is 2.03. The van der Waals surface area contributed by atoms with Crippen LogP contribution in [0.15, 0.2) is 36.7 Å². The van der Waals surface area contributed by atoms with Crippen LogP contribution < -0.4 is 0 Å². The van der Waals surface area contributed by atoms with Gasteiger partial charge in [-0.1, -0.05) is 17.7 Å². The molecule has 1 fully saturated rings. The smallest absolute Gasteiger partial charge is 0.253 e.